The molecule has 3 rings (SSSR count). The number of carbonyl (C=O) groups is 3. The standard InChI is InChI=1S/C19H17ClN2O5/c20-14-6-7-16-12(9-14)8-13(10-26-16)18(24)27-11-17(23)22-19(25)21-15-4-2-1-3-5-15/h1-7,9,13H,8,10-11H2,(H2,21,22,23,25)/t13-/m0/s1. The summed E-state index contributed by atoms with van der Waals surface area (Å²) in [6.45, 7) is -0.399. The van der Waals surface area contributed by atoms with Gasteiger partial charge in [0.2, 0.25) is 0 Å². The number of benzene rings is 2. The van der Waals surface area contributed by atoms with Gasteiger partial charge in [0.1, 0.15) is 12.4 Å². The van der Waals surface area contributed by atoms with E-state index in [2.05, 4.69) is 10.6 Å². The second-order valence-corrected chi connectivity index (χ2v) is 6.38. The molecule has 0 saturated heterocycles. The van der Waals surface area contributed by atoms with E-state index >= 15 is 0 Å². The number of urea groups is 1. The largest absolute Gasteiger partial charge is 0.492 e. The van der Waals surface area contributed by atoms with Crippen molar-refractivity contribution in [1.82, 2.24) is 5.32 Å². The summed E-state index contributed by atoms with van der Waals surface area (Å²) in [5, 5.41) is 5.14. The molecule has 0 unspecified atom stereocenters. The van der Waals surface area contributed by atoms with Crippen LogP contribution in [-0.2, 0) is 20.7 Å². The zero-order chi connectivity index (χ0) is 19.2. The molecule has 27 heavy (non-hydrogen) atoms. The van der Waals surface area contributed by atoms with E-state index in [0.717, 1.165) is 5.56 Å². The first kappa shape index (κ1) is 18.7. The van der Waals surface area contributed by atoms with Crippen molar-refractivity contribution in [3.05, 3.63) is 59.1 Å². The van der Waals surface area contributed by atoms with Gasteiger partial charge in [-0.1, -0.05) is 29.8 Å². The first-order valence-corrected chi connectivity index (χ1v) is 8.63. The number of rotatable bonds is 4. The van der Waals surface area contributed by atoms with Gasteiger partial charge < -0.3 is 14.8 Å². The molecule has 2 N–H and O–H groups in total. The number of halogens is 1. The lowest BCUT2D eigenvalue weighted by atomic mass is 9.97. The number of fused-ring (bicyclic) bond motifs is 1. The predicted octanol–water partition coefficient (Wildman–Crippen LogP) is 2.78. The first-order chi connectivity index (χ1) is 13.0. The van der Waals surface area contributed by atoms with Crippen molar-refractivity contribution < 1.29 is 23.9 Å². The molecule has 0 fully saturated rings. The van der Waals surface area contributed by atoms with Gasteiger partial charge in [-0.15, -0.1) is 0 Å². The number of ether oxygens (including phenoxy) is 2. The number of hydrogen-bond donors (Lipinski definition) is 2. The highest BCUT2D eigenvalue weighted by Gasteiger charge is 2.28. The molecule has 0 radical (unpaired) electrons. The lowest BCUT2D eigenvalue weighted by molar-refractivity contribution is -0.153. The molecule has 1 aliphatic rings. The van der Waals surface area contributed by atoms with Gasteiger partial charge in [-0.3, -0.25) is 14.9 Å². The normalized spacial score (nSPS) is 15.1. The van der Waals surface area contributed by atoms with Crippen LogP contribution in [0.2, 0.25) is 5.02 Å². The van der Waals surface area contributed by atoms with Gasteiger partial charge in [-0.2, -0.15) is 0 Å². The lowest BCUT2D eigenvalue weighted by Gasteiger charge is -2.24. The molecule has 3 amide bonds. The molecule has 0 aromatic heterocycles. The second-order valence-electron chi connectivity index (χ2n) is 5.94. The maximum Gasteiger partial charge on any atom is 0.325 e. The van der Waals surface area contributed by atoms with Crippen molar-refractivity contribution in [1.29, 1.82) is 0 Å². The smallest absolute Gasteiger partial charge is 0.325 e. The van der Waals surface area contributed by atoms with Gasteiger partial charge in [0.25, 0.3) is 5.91 Å². The summed E-state index contributed by atoms with van der Waals surface area (Å²) in [5.74, 6) is -1.16. The Morgan fingerprint density at radius 1 is 1.15 bits per heavy atom. The molecule has 0 aliphatic carbocycles. The van der Waals surface area contributed by atoms with Crippen LogP contribution in [-0.4, -0.2) is 31.1 Å². The van der Waals surface area contributed by atoms with Crippen molar-refractivity contribution in [2.24, 2.45) is 5.92 Å². The third-order valence-corrected chi connectivity index (χ3v) is 4.13. The van der Waals surface area contributed by atoms with E-state index < -0.39 is 30.4 Å². The summed E-state index contributed by atoms with van der Waals surface area (Å²) >= 11 is 5.95. The summed E-state index contributed by atoms with van der Waals surface area (Å²) in [5.41, 5.74) is 1.35. The highest BCUT2D eigenvalue weighted by atomic mass is 35.5. The molecule has 1 atom stereocenters. The van der Waals surface area contributed by atoms with Crippen LogP contribution in [0.3, 0.4) is 0 Å². The molecule has 1 heterocycles. The average Bonchev–Trinajstić information content (AvgIpc) is 2.66. The summed E-state index contributed by atoms with van der Waals surface area (Å²) in [4.78, 5) is 35.7. The summed E-state index contributed by atoms with van der Waals surface area (Å²) < 4.78 is 10.5. The lowest BCUT2D eigenvalue weighted by Crippen LogP contribution is -2.38. The Balaban J connectivity index is 1.45. The number of carbonyl (C=O) groups excluding carboxylic acids is 3. The van der Waals surface area contributed by atoms with E-state index in [9.17, 15) is 14.4 Å². The Morgan fingerprint density at radius 3 is 2.70 bits per heavy atom. The zero-order valence-electron chi connectivity index (χ0n) is 14.2. The molecular weight excluding hydrogens is 372 g/mol. The topological polar surface area (TPSA) is 93.7 Å². The van der Waals surface area contributed by atoms with Gasteiger partial charge >= 0.3 is 12.0 Å². The van der Waals surface area contributed by atoms with Crippen LogP contribution in [0.1, 0.15) is 5.56 Å². The van der Waals surface area contributed by atoms with E-state index in [1.54, 1.807) is 48.5 Å². The van der Waals surface area contributed by atoms with Gasteiger partial charge in [0.15, 0.2) is 6.61 Å². The summed E-state index contributed by atoms with van der Waals surface area (Å²) in [6, 6.07) is 13.1. The maximum absolute atomic E-state index is 12.2. The Labute approximate surface area is 160 Å². The highest BCUT2D eigenvalue weighted by molar-refractivity contribution is 6.30. The quantitative estimate of drug-likeness (QED) is 0.785. The van der Waals surface area contributed by atoms with Gasteiger partial charge in [0, 0.05) is 10.7 Å². The SMILES string of the molecule is O=C(COC(=O)[C@@H]1COc2ccc(Cl)cc2C1)NC(=O)Nc1ccccc1. The number of nitrogens with one attached hydrogen (secondary N) is 2. The summed E-state index contributed by atoms with van der Waals surface area (Å²) in [7, 11) is 0. The van der Waals surface area contributed by atoms with E-state index in [4.69, 9.17) is 21.1 Å². The molecule has 0 saturated carbocycles. The zero-order valence-corrected chi connectivity index (χ0v) is 15.0. The minimum absolute atomic E-state index is 0.156. The maximum atomic E-state index is 12.2. The molecule has 0 spiro atoms. The fourth-order valence-electron chi connectivity index (χ4n) is 2.62. The third kappa shape index (κ3) is 5.21. The molecule has 7 nitrogen and oxygen atoms in total. The Morgan fingerprint density at radius 2 is 1.93 bits per heavy atom. The third-order valence-electron chi connectivity index (χ3n) is 3.89. The van der Waals surface area contributed by atoms with Crippen LogP contribution in [0.25, 0.3) is 0 Å². The van der Waals surface area contributed by atoms with Crippen LogP contribution >= 0.6 is 11.6 Å². The van der Waals surface area contributed by atoms with Crippen LogP contribution in [0.15, 0.2) is 48.5 Å². The minimum Gasteiger partial charge on any atom is -0.492 e. The number of esters is 1. The molecule has 0 bridgehead atoms. The van der Waals surface area contributed by atoms with Crippen molar-refractivity contribution in [2.45, 2.75) is 6.42 Å². The highest BCUT2D eigenvalue weighted by Crippen LogP contribution is 2.30. The van der Waals surface area contributed by atoms with Crippen molar-refractivity contribution in [3.8, 4) is 5.75 Å². The molecule has 140 valence electrons. The van der Waals surface area contributed by atoms with Gasteiger partial charge in [0.05, 0.1) is 5.92 Å². The van der Waals surface area contributed by atoms with Gasteiger partial charge in [-0.05, 0) is 42.3 Å². The van der Waals surface area contributed by atoms with E-state index in [1.807, 2.05) is 0 Å². The van der Waals surface area contributed by atoms with Gasteiger partial charge in [-0.25, -0.2) is 4.79 Å². The molecule has 8 heteroatoms. The van der Waals surface area contributed by atoms with E-state index in [-0.39, 0.29) is 6.61 Å². The minimum atomic E-state index is -0.725. The van der Waals surface area contributed by atoms with E-state index in [0.29, 0.717) is 22.9 Å². The van der Waals surface area contributed by atoms with Crippen LogP contribution in [0, 0.1) is 5.92 Å². The number of hydrogen-bond acceptors (Lipinski definition) is 5. The van der Waals surface area contributed by atoms with Crippen LogP contribution < -0.4 is 15.4 Å². The fourth-order valence-corrected chi connectivity index (χ4v) is 2.81. The Bertz CT molecular complexity index is 856. The molecule has 2 aromatic rings. The van der Waals surface area contributed by atoms with Crippen molar-refractivity contribution >= 4 is 35.2 Å². The monoisotopic (exact) mass is 388 g/mol. The average molecular weight is 389 g/mol. The molecule has 1 aliphatic heterocycles. The van der Waals surface area contributed by atoms with E-state index in [1.165, 1.54) is 0 Å². The molecular formula is C19H17ClN2O5. The van der Waals surface area contributed by atoms with Crippen LogP contribution in [0.5, 0.6) is 5.75 Å². The number of amides is 3. The van der Waals surface area contributed by atoms with Crippen molar-refractivity contribution in [2.75, 3.05) is 18.5 Å². The predicted molar refractivity (Wildman–Crippen MR) is 98.7 cm³/mol. The number of para-hydroxylation sites is 1. The Hall–Kier alpha value is -3.06. The Kier molecular flexibility index (Phi) is 5.93. The number of imide groups is 1. The summed E-state index contributed by atoms with van der Waals surface area (Å²) in [6.07, 6.45) is 0.408. The van der Waals surface area contributed by atoms with Crippen molar-refractivity contribution in [3.63, 3.8) is 0 Å². The second kappa shape index (κ2) is 8.55. The molecule has 2 aromatic carbocycles. The fraction of sp³-hybridized carbons (Fsp3) is 0.211. The first-order valence-electron chi connectivity index (χ1n) is 8.25. The number of anilines is 1. The van der Waals surface area contributed by atoms with Crippen LogP contribution in [0.4, 0.5) is 10.5 Å².